The molecule has 138 valence electrons. The summed E-state index contributed by atoms with van der Waals surface area (Å²) < 4.78 is 15.0. The molecule has 2 N–H and O–H groups in total. The number of anilines is 1. The zero-order valence-corrected chi connectivity index (χ0v) is 15.6. The highest BCUT2D eigenvalue weighted by atomic mass is 32.2. The van der Waals surface area contributed by atoms with E-state index in [0.29, 0.717) is 23.3 Å². The fourth-order valence-corrected chi connectivity index (χ4v) is 3.60. The first-order valence-corrected chi connectivity index (χ1v) is 9.35. The smallest absolute Gasteiger partial charge is 0.265 e. The number of nitrogens with one attached hydrogen (secondary N) is 2. The minimum atomic E-state index is -0.294. The van der Waals surface area contributed by atoms with Crippen LogP contribution in [0, 0.1) is 11.2 Å². The van der Waals surface area contributed by atoms with Gasteiger partial charge in [-0.05, 0) is 23.3 Å². The van der Waals surface area contributed by atoms with E-state index >= 15 is 0 Å². The fraction of sp³-hybridized carbons (Fsp3) is 0.150. The third kappa shape index (κ3) is 4.43. The highest BCUT2D eigenvalue weighted by molar-refractivity contribution is 7.98. The normalized spacial score (nSPS) is 10.6. The van der Waals surface area contributed by atoms with Crippen molar-refractivity contribution in [3.8, 4) is 0 Å². The third-order valence-electron chi connectivity index (χ3n) is 3.99. The number of halogens is 1. The first-order valence-electron chi connectivity index (χ1n) is 8.36. The molecular formula is C20H19FN4OS. The zero-order chi connectivity index (χ0) is 19.2. The van der Waals surface area contributed by atoms with E-state index in [1.807, 2.05) is 36.4 Å². The molecular weight excluding hydrogens is 363 g/mol. The average molecular weight is 382 g/mol. The Kier molecular flexibility index (Phi) is 6.03. The molecule has 1 heterocycles. The summed E-state index contributed by atoms with van der Waals surface area (Å²) in [6.45, 7) is 0.350. The fourth-order valence-electron chi connectivity index (χ4n) is 2.66. The van der Waals surface area contributed by atoms with E-state index in [4.69, 9.17) is 5.41 Å². The summed E-state index contributed by atoms with van der Waals surface area (Å²) in [5.74, 6) is 0.547. The van der Waals surface area contributed by atoms with Gasteiger partial charge in [-0.2, -0.15) is 0 Å². The Morgan fingerprint density at radius 2 is 1.93 bits per heavy atom. The van der Waals surface area contributed by atoms with Gasteiger partial charge in [0.2, 0.25) is 0 Å². The molecule has 0 aliphatic carbocycles. The molecule has 0 atom stereocenters. The molecule has 3 aromatic rings. The highest BCUT2D eigenvalue weighted by Crippen LogP contribution is 2.23. The van der Waals surface area contributed by atoms with Gasteiger partial charge in [0.25, 0.3) is 5.56 Å². The number of thioether (sulfide) groups is 1. The van der Waals surface area contributed by atoms with Crippen LogP contribution in [0.5, 0.6) is 0 Å². The Labute approximate surface area is 160 Å². The minimum absolute atomic E-state index is 0.212. The Bertz CT molecular complexity index is 1000. The molecule has 0 saturated heterocycles. The van der Waals surface area contributed by atoms with Crippen molar-refractivity contribution in [2.45, 2.75) is 17.5 Å². The topological polar surface area (TPSA) is 70.8 Å². The maximum Gasteiger partial charge on any atom is 0.265 e. The number of rotatable bonds is 7. The van der Waals surface area contributed by atoms with Gasteiger partial charge in [0.05, 0.1) is 12.1 Å². The van der Waals surface area contributed by atoms with Crippen LogP contribution >= 0.6 is 11.8 Å². The molecule has 27 heavy (non-hydrogen) atoms. The second-order valence-corrected chi connectivity index (χ2v) is 6.79. The lowest BCUT2D eigenvalue weighted by Gasteiger charge is -2.15. The maximum absolute atomic E-state index is 13.4. The SMILES string of the molecule is CNc1nc(SCc2cccc(F)c2)n(Cc2ccccc2)c(=O)c1C=N. The van der Waals surface area contributed by atoms with Crippen LogP contribution in [0.1, 0.15) is 16.7 Å². The van der Waals surface area contributed by atoms with Gasteiger partial charge in [-0.1, -0.05) is 54.2 Å². The molecule has 2 aromatic carbocycles. The lowest BCUT2D eigenvalue weighted by molar-refractivity contribution is 0.626. The van der Waals surface area contributed by atoms with Gasteiger partial charge in [-0.15, -0.1) is 0 Å². The summed E-state index contributed by atoms with van der Waals surface area (Å²) >= 11 is 1.36. The van der Waals surface area contributed by atoms with Crippen LogP contribution in [-0.2, 0) is 12.3 Å². The van der Waals surface area contributed by atoms with E-state index in [9.17, 15) is 9.18 Å². The van der Waals surface area contributed by atoms with Gasteiger partial charge in [-0.25, -0.2) is 9.37 Å². The van der Waals surface area contributed by atoms with Crippen molar-refractivity contribution in [2.24, 2.45) is 0 Å². The number of benzene rings is 2. The molecule has 0 fully saturated rings. The Morgan fingerprint density at radius 3 is 2.59 bits per heavy atom. The highest BCUT2D eigenvalue weighted by Gasteiger charge is 2.15. The van der Waals surface area contributed by atoms with Crippen LogP contribution in [0.2, 0.25) is 0 Å². The number of hydrogen-bond acceptors (Lipinski definition) is 5. The molecule has 3 rings (SSSR count). The zero-order valence-electron chi connectivity index (χ0n) is 14.8. The Morgan fingerprint density at radius 1 is 1.19 bits per heavy atom. The summed E-state index contributed by atoms with van der Waals surface area (Å²) in [6.07, 6.45) is 1.02. The lowest BCUT2D eigenvalue weighted by atomic mass is 10.2. The van der Waals surface area contributed by atoms with Gasteiger partial charge in [0, 0.05) is 19.0 Å². The van der Waals surface area contributed by atoms with E-state index in [1.165, 1.54) is 23.9 Å². The second kappa shape index (κ2) is 8.64. The van der Waals surface area contributed by atoms with Crippen LogP contribution < -0.4 is 10.9 Å². The van der Waals surface area contributed by atoms with E-state index in [-0.39, 0.29) is 16.9 Å². The lowest BCUT2D eigenvalue weighted by Crippen LogP contribution is -2.28. The van der Waals surface area contributed by atoms with Crippen molar-refractivity contribution < 1.29 is 4.39 Å². The predicted octanol–water partition coefficient (Wildman–Crippen LogP) is 3.76. The minimum Gasteiger partial charge on any atom is -0.372 e. The standard InChI is InChI=1S/C20H19FN4OS/c1-23-18-17(11-22)19(26)25(12-14-6-3-2-4-7-14)20(24-18)27-13-15-8-5-9-16(21)10-15/h2-11,22-23H,12-13H2,1H3. The van der Waals surface area contributed by atoms with Gasteiger partial charge in [0.1, 0.15) is 11.6 Å². The molecule has 0 radical (unpaired) electrons. The van der Waals surface area contributed by atoms with Crippen LogP contribution in [0.4, 0.5) is 10.2 Å². The molecule has 5 nitrogen and oxygen atoms in total. The Balaban J connectivity index is 2.00. The monoisotopic (exact) mass is 382 g/mol. The molecule has 1 aromatic heterocycles. The third-order valence-corrected chi connectivity index (χ3v) is 5.04. The first-order chi connectivity index (χ1) is 13.1. The van der Waals surface area contributed by atoms with E-state index in [1.54, 1.807) is 17.7 Å². The van der Waals surface area contributed by atoms with Crippen molar-refractivity contribution in [3.05, 3.63) is 87.5 Å². The van der Waals surface area contributed by atoms with Crippen LogP contribution in [0.3, 0.4) is 0 Å². The summed E-state index contributed by atoms with van der Waals surface area (Å²) in [7, 11) is 1.66. The van der Waals surface area contributed by atoms with Gasteiger partial charge in [0.15, 0.2) is 5.16 Å². The average Bonchev–Trinajstić information content (AvgIpc) is 2.69. The maximum atomic E-state index is 13.4. The molecule has 0 aliphatic heterocycles. The molecule has 0 bridgehead atoms. The van der Waals surface area contributed by atoms with E-state index in [2.05, 4.69) is 10.3 Å². The molecule has 0 amide bonds. The van der Waals surface area contributed by atoms with Crippen molar-refractivity contribution in [1.29, 1.82) is 5.41 Å². The predicted molar refractivity (Wildman–Crippen MR) is 107 cm³/mol. The van der Waals surface area contributed by atoms with Gasteiger partial charge < -0.3 is 10.7 Å². The number of nitrogens with zero attached hydrogens (tertiary/aromatic N) is 2. The molecule has 0 aliphatic rings. The molecule has 7 heteroatoms. The van der Waals surface area contributed by atoms with Crippen molar-refractivity contribution in [2.75, 3.05) is 12.4 Å². The van der Waals surface area contributed by atoms with Gasteiger partial charge in [-0.3, -0.25) is 9.36 Å². The van der Waals surface area contributed by atoms with Crippen molar-refractivity contribution in [1.82, 2.24) is 9.55 Å². The van der Waals surface area contributed by atoms with E-state index in [0.717, 1.165) is 17.3 Å². The van der Waals surface area contributed by atoms with Gasteiger partial charge >= 0.3 is 0 Å². The van der Waals surface area contributed by atoms with Crippen LogP contribution in [0.25, 0.3) is 0 Å². The summed E-state index contributed by atoms with van der Waals surface area (Å²) in [4.78, 5) is 17.5. The summed E-state index contributed by atoms with van der Waals surface area (Å²) in [5.41, 5.74) is 1.70. The molecule has 0 unspecified atom stereocenters. The van der Waals surface area contributed by atoms with Crippen LogP contribution in [0.15, 0.2) is 64.5 Å². The van der Waals surface area contributed by atoms with E-state index < -0.39 is 0 Å². The summed E-state index contributed by atoms with van der Waals surface area (Å²) in [6, 6.07) is 16.0. The molecule has 0 spiro atoms. The first kappa shape index (κ1) is 18.8. The quantitative estimate of drug-likeness (QED) is 0.371. The Hall–Kier alpha value is -2.93. The number of aromatic nitrogens is 2. The van der Waals surface area contributed by atoms with Crippen molar-refractivity contribution >= 4 is 23.8 Å². The number of hydrogen-bond donors (Lipinski definition) is 2. The largest absolute Gasteiger partial charge is 0.372 e. The molecule has 0 saturated carbocycles. The summed E-state index contributed by atoms with van der Waals surface area (Å²) in [5, 5.41) is 11.0. The van der Waals surface area contributed by atoms with Crippen molar-refractivity contribution in [3.63, 3.8) is 0 Å². The second-order valence-electron chi connectivity index (χ2n) is 5.85. The van der Waals surface area contributed by atoms with Crippen LogP contribution in [-0.4, -0.2) is 22.8 Å².